The fourth-order valence-corrected chi connectivity index (χ4v) is 2.52. The Balaban J connectivity index is 1.60. The lowest BCUT2D eigenvalue weighted by Gasteiger charge is -2.07. The molecule has 0 fully saturated rings. The standard InChI is InChI=1S/C18H12F2N4O/c19-14-4-1-5-15(20)13(14)10-22-16-7-6-12-17(24-25-18(12)23-16)11-3-2-8-21-9-11/h1-9H,10H2,(H,22,23). The van der Waals surface area contributed by atoms with Gasteiger partial charge in [-0.3, -0.25) is 4.98 Å². The highest BCUT2D eigenvalue weighted by molar-refractivity contribution is 5.89. The average molecular weight is 338 g/mol. The lowest BCUT2D eigenvalue weighted by molar-refractivity contribution is 0.452. The van der Waals surface area contributed by atoms with Crippen molar-refractivity contribution in [3.8, 4) is 11.3 Å². The number of benzene rings is 1. The highest BCUT2D eigenvalue weighted by Crippen LogP contribution is 2.27. The van der Waals surface area contributed by atoms with E-state index in [0.29, 0.717) is 17.2 Å². The van der Waals surface area contributed by atoms with Gasteiger partial charge in [0.25, 0.3) is 5.71 Å². The summed E-state index contributed by atoms with van der Waals surface area (Å²) in [5.74, 6) is -0.775. The maximum absolute atomic E-state index is 13.7. The first kappa shape index (κ1) is 15.2. The number of pyridine rings is 2. The van der Waals surface area contributed by atoms with Crippen LogP contribution in [0.15, 0.2) is 59.4 Å². The van der Waals surface area contributed by atoms with Crippen LogP contribution in [0.25, 0.3) is 22.4 Å². The Labute approximate surface area is 141 Å². The number of nitrogens with one attached hydrogen (secondary N) is 1. The second-order valence-electron chi connectivity index (χ2n) is 5.38. The molecule has 0 radical (unpaired) electrons. The predicted octanol–water partition coefficient (Wildman–Crippen LogP) is 4.18. The van der Waals surface area contributed by atoms with E-state index in [-0.39, 0.29) is 12.1 Å². The Bertz CT molecular complexity index is 1010. The zero-order chi connectivity index (χ0) is 17.2. The van der Waals surface area contributed by atoms with Gasteiger partial charge >= 0.3 is 0 Å². The Kier molecular flexibility index (Phi) is 3.81. The average Bonchev–Trinajstić information content (AvgIpc) is 3.05. The van der Waals surface area contributed by atoms with Crippen molar-refractivity contribution in [1.29, 1.82) is 0 Å². The number of anilines is 1. The van der Waals surface area contributed by atoms with E-state index < -0.39 is 11.6 Å². The van der Waals surface area contributed by atoms with Crippen LogP contribution in [0.4, 0.5) is 14.6 Å². The van der Waals surface area contributed by atoms with Crippen molar-refractivity contribution in [2.75, 3.05) is 5.32 Å². The van der Waals surface area contributed by atoms with Gasteiger partial charge in [0.05, 0.1) is 5.39 Å². The quantitative estimate of drug-likeness (QED) is 0.605. The van der Waals surface area contributed by atoms with Crippen molar-refractivity contribution in [2.24, 2.45) is 0 Å². The molecular weight excluding hydrogens is 326 g/mol. The van der Waals surface area contributed by atoms with Crippen molar-refractivity contribution >= 4 is 16.9 Å². The van der Waals surface area contributed by atoms with E-state index in [2.05, 4.69) is 20.4 Å². The minimum atomic E-state index is -0.605. The molecule has 0 aliphatic rings. The van der Waals surface area contributed by atoms with Gasteiger partial charge in [0, 0.05) is 30.1 Å². The summed E-state index contributed by atoms with van der Waals surface area (Å²) in [5.41, 5.74) is 1.75. The molecule has 0 saturated carbocycles. The minimum absolute atomic E-state index is 0.0272. The van der Waals surface area contributed by atoms with E-state index in [9.17, 15) is 8.78 Å². The Morgan fingerprint density at radius 2 is 1.84 bits per heavy atom. The molecule has 0 spiro atoms. The zero-order valence-electron chi connectivity index (χ0n) is 12.9. The monoisotopic (exact) mass is 338 g/mol. The molecule has 0 bridgehead atoms. The molecule has 0 atom stereocenters. The first-order valence-electron chi connectivity index (χ1n) is 7.56. The Morgan fingerprint density at radius 3 is 2.60 bits per heavy atom. The summed E-state index contributed by atoms with van der Waals surface area (Å²) in [6.45, 7) is -0.0272. The molecule has 4 rings (SSSR count). The van der Waals surface area contributed by atoms with Gasteiger partial charge in [-0.05, 0) is 36.4 Å². The molecule has 25 heavy (non-hydrogen) atoms. The fourth-order valence-electron chi connectivity index (χ4n) is 2.52. The van der Waals surface area contributed by atoms with Crippen molar-refractivity contribution in [2.45, 2.75) is 6.54 Å². The van der Waals surface area contributed by atoms with E-state index in [1.54, 1.807) is 24.5 Å². The molecule has 4 aromatic rings. The van der Waals surface area contributed by atoms with Gasteiger partial charge < -0.3 is 9.84 Å². The van der Waals surface area contributed by atoms with E-state index in [0.717, 1.165) is 10.9 Å². The SMILES string of the molecule is Fc1cccc(F)c1CNc1ccc2c(-c3cccnc3)noc2n1. The second kappa shape index (κ2) is 6.27. The van der Waals surface area contributed by atoms with Crippen molar-refractivity contribution in [3.63, 3.8) is 0 Å². The maximum atomic E-state index is 13.7. The highest BCUT2D eigenvalue weighted by Gasteiger charge is 2.13. The summed E-state index contributed by atoms with van der Waals surface area (Å²) in [7, 11) is 0. The lowest BCUT2D eigenvalue weighted by Crippen LogP contribution is -2.05. The third kappa shape index (κ3) is 2.91. The van der Waals surface area contributed by atoms with Crippen LogP contribution in [0.1, 0.15) is 5.56 Å². The molecule has 7 heteroatoms. The molecule has 3 aromatic heterocycles. The molecular formula is C18H12F2N4O. The minimum Gasteiger partial charge on any atom is -0.366 e. The summed E-state index contributed by atoms with van der Waals surface area (Å²) in [5, 5.41) is 7.65. The lowest BCUT2D eigenvalue weighted by atomic mass is 10.1. The second-order valence-corrected chi connectivity index (χ2v) is 5.38. The van der Waals surface area contributed by atoms with Crippen LogP contribution >= 0.6 is 0 Å². The van der Waals surface area contributed by atoms with Crippen molar-refractivity contribution in [1.82, 2.24) is 15.1 Å². The maximum Gasteiger partial charge on any atom is 0.260 e. The van der Waals surface area contributed by atoms with Crippen LogP contribution in [0.3, 0.4) is 0 Å². The summed E-state index contributed by atoms with van der Waals surface area (Å²) in [4.78, 5) is 8.35. The Morgan fingerprint density at radius 1 is 1.00 bits per heavy atom. The number of hydrogen-bond acceptors (Lipinski definition) is 5. The molecule has 124 valence electrons. The van der Waals surface area contributed by atoms with Crippen LogP contribution in [0, 0.1) is 11.6 Å². The summed E-state index contributed by atoms with van der Waals surface area (Å²) >= 11 is 0. The number of nitrogens with zero attached hydrogens (tertiary/aromatic N) is 3. The largest absolute Gasteiger partial charge is 0.366 e. The number of halogens is 2. The first-order chi connectivity index (χ1) is 12.2. The normalized spacial score (nSPS) is 11.0. The molecule has 5 nitrogen and oxygen atoms in total. The molecule has 3 heterocycles. The van der Waals surface area contributed by atoms with Gasteiger partial charge in [-0.2, -0.15) is 4.98 Å². The summed E-state index contributed by atoms with van der Waals surface area (Å²) in [6, 6.07) is 10.9. The van der Waals surface area contributed by atoms with Crippen molar-refractivity contribution in [3.05, 3.63) is 72.1 Å². The van der Waals surface area contributed by atoms with Gasteiger partial charge in [-0.15, -0.1) is 0 Å². The predicted molar refractivity (Wildman–Crippen MR) is 88.7 cm³/mol. The highest BCUT2D eigenvalue weighted by atomic mass is 19.1. The van der Waals surface area contributed by atoms with Gasteiger partial charge in [-0.25, -0.2) is 8.78 Å². The van der Waals surface area contributed by atoms with Crippen LogP contribution in [0.5, 0.6) is 0 Å². The van der Waals surface area contributed by atoms with Gasteiger partial charge in [0.15, 0.2) is 0 Å². The van der Waals surface area contributed by atoms with E-state index in [1.165, 1.54) is 18.2 Å². The molecule has 0 aliphatic heterocycles. The molecule has 0 unspecified atom stereocenters. The van der Waals surface area contributed by atoms with Gasteiger partial charge in [0.2, 0.25) is 0 Å². The van der Waals surface area contributed by atoms with Gasteiger partial charge in [-0.1, -0.05) is 11.2 Å². The summed E-state index contributed by atoms with van der Waals surface area (Å²) in [6.07, 6.45) is 3.36. The van der Waals surface area contributed by atoms with Gasteiger partial charge in [0.1, 0.15) is 23.1 Å². The number of aromatic nitrogens is 3. The molecule has 0 saturated heterocycles. The van der Waals surface area contributed by atoms with Crippen LogP contribution in [-0.4, -0.2) is 15.1 Å². The van der Waals surface area contributed by atoms with Crippen LogP contribution in [0.2, 0.25) is 0 Å². The van der Waals surface area contributed by atoms with E-state index in [1.807, 2.05) is 12.1 Å². The van der Waals surface area contributed by atoms with Crippen LogP contribution in [-0.2, 0) is 6.54 Å². The first-order valence-corrected chi connectivity index (χ1v) is 7.56. The number of fused-ring (bicyclic) bond motifs is 1. The smallest absolute Gasteiger partial charge is 0.260 e. The molecule has 1 N–H and O–H groups in total. The molecule has 0 aliphatic carbocycles. The Hall–Kier alpha value is -3.35. The fraction of sp³-hybridized carbons (Fsp3) is 0.0556. The third-order valence-electron chi connectivity index (χ3n) is 3.78. The van der Waals surface area contributed by atoms with Crippen molar-refractivity contribution < 1.29 is 13.3 Å². The third-order valence-corrected chi connectivity index (χ3v) is 3.78. The van der Waals surface area contributed by atoms with Crippen LogP contribution < -0.4 is 5.32 Å². The number of hydrogen-bond donors (Lipinski definition) is 1. The molecule has 0 amide bonds. The zero-order valence-corrected chi connectivity index (χ0v) is 12.9. The van der Waals surface area contributed by atoms with E-state index >= 15 is 0 Å². The number of rotatable bonds is 4. The summed E-state index contributed by atoms with van der Waals surface area (Å²) < 4.78 is 32.6. The topological polar surface area (TPSA) is 63.8 Å². The van der Waals surface area contributed by atoms with E-state index in [4.69, 9.17) is 4.52 Å². The molecule has 1 aromatic carbocycles.